The van der Waals surface area contributed by atoms with Crippen molar-refractivity contribution < 1.29 is 5.54 Å². The van der Waals surface area contributed by atoms with E-state index in [0.29, 0.717) is 0 Å². The second kappa shape index (κ2) is 3.99. The van der Waals surface area contributed by atoms with E-state index in [0.717, 1.165) is 0 Å². The minimum absolute atomic E-state index is 1.67. The zero-order valence-corrected chi connectivity index (χ0v) is 7.74. The van der Waals surface area contributed by atoms with Crippen LogP contribution in [0.15, 0.2) is 0 Å². The maximum absolute atomic E-state index is 4.88. The van der Waals surface area contributed by atoms with Crippen LogP contribution in [0.5, 0.6) is 0 Å². The molecule has 40 valence electrons. The number of hydrogen-bond donors (Lipinski definition) is 0. The Morgan fingerprint density at radius 1 is 1.17 bits per heavy atom. The van der Waals surface area contributed by atoms with Crippen LogP contribution >= 0.6 is 0 Å². The monoisotopic (exact) mass is 287 g/mol. The van der Waals surface area contributed by atoms with Gasteiger partial charge in [-0.1, -0.05) is 0 Å². The second-order valence-electron chi connectivity index (χ2n) is 0.805. The fourth-order valence-electron chi connectivity index (χ4n) is 0.0745. The van der Waals surface area contributed by atoms with Crippen molar-refractivity contribution in [2.24, 2.45) is 0 Å². The minimum atomic E-state index is -1.67. The maximum atomic E-state index is 4.88. The first kappa shape index (κ1) is 6.82. The first-order valence-corrected chi connectivity index (χ1v) is 7.94. The fraction of sp³-hybridized carbons (Fsp3) is 1.00. The van der Waals surface area contributed by atoms with Gasteiger partial charge < -0.3 is 0 Å². The Hall–Kier alpha value is 0.816. The van der Waals surface area contributed by atoms with E-state index in [1.165, 1.54) is 0 Å². The van der Waals surface area contributed by atoms with Gasteiger partial charge >= 0.3 is 47.3 Å². The summed E-state index contributed by atoms with van der Waals surface area (Å²) in [5, 5.41) is 0. The standard InChI is InChI=1S/2CH3O.CH3.Po.H/c2*1-2;;;/h2*1H3;1H3;;/q2*-1;;+2;. The molecule has 0 amide bonds. The van der Waals surface area contributed by atoms with Gasteiger partial charge in [0.15, 0.2) is 0 Å². The van der Waals surface area contributed by atoms with Crippen molar-refractivity contribution in [2.45, 2.75) is 4.58 Å². The first-order chi connectivity index (χ1) is 2.81. The van der Waals surface area contributed by atoms with E-state index < -0.39 is 23.0 Å². The summed E-state index contributed by atoms with van der Waals surface area (Å²) in [6.45, 7) is 0. The van der Waals surface area contributed by atoms with E-state index in [-0.39, 0.29) is 0 Å². The molecule has 3 heteroatoms. The molecule has 0 aromatic carbocycles. The quantitative estimate of drug-likeness (QED) is 0.719. The molecule has 0 spiro atoms. The molecule has 0 N–H and O–H groups in total. The zero-order chi connectivity index (χ0) is 4.99. The average molecular weight is 287 g/mol. The van der Waals surface area contributed by atoms with Crippen molar-refractivity contribution in [2.75, 3.05) is 14.2 Å². The Morgan fingerprint density at radius 2 is 1.50 bits per heavy atom. The summed E-state index contributed by atoms with van der Waals surface area (Å²) in [6.07, 6.45) is 0. The first-order valence-electron chi connectivity index (χ1n) is 1.63. The summed E-state index contributed by atoms with van der Waals surface area (Å²) in [5.74, 6) is 0. The zero-order valence-electron chi connectivity index (χ0n) is 4.26. The van der Waals surface area contributed by atoms with Gasteiger partial charge in [-0.25, -0.2) is 0 Å². The van der Waals surface area contributed by atoms with Crippen LogP contribution in [0.2, 0.25) is 4.58 Å². The Bertz CT molecular complexity index is 28.0. The van der Waals surface area contributed by atoms with Crippen LogP contribution in [0.4, 0.5) is 0 Å². The van der Waals surface area contributed by atoms with Gasteiger partial charge in [0.1, 0.15) is 0 Å². The molecule has 0 aromatic heterocycles. The molecule has 0 saturated heterocycles. The van der Waals surface area contributed by atoms with Crippen molar-refractivity contribution in [1.29, 1.82) is 0 Å². The van der Waals surface area contributed by atoms with Crippen LogP contribution in [0.3, 0.4) is 0 Å². The van der Waals surface area contributed by atoms with Crippen LogP contribution in [-0.2, 0) is 5.54 Å². The van der Waals surface area contributed by atoms with E-state index in [4.69, 9.17) is 5.54 Å². The molecule has 0 aromatic rings. The predicted molar refractivity (Wildman–Crippen MR) is 27.0 cm³/mol. The SMILES string of the molecule is C[O][PoH]([CH3])[O]C. The third-order valence-corrected chi connectivity index (χ3v) is 4.51. The summed E-state index contributed by atoms with van der Waals surface area (Å²) >= 11 is -1.67. The van der Waals surface area contributed by atoms with Crippen LogP contribution in [-0.4, -0.2) is 37.2 Å². The molecule has 0 aliphatic carbocycles. The molecule has 6 heavy (non-hydrogen) atoms. The van der Waals surface area contributed by atoms with Crippen molar-refractivity contribution in [3.8, 4) is 0 Å². The normalized spacial score (nSPS) is 11.5. The predicted octanol–water partition coefficient (Wildman–Crippen LogP) is 0.129. The summed E-state index contributed by atoms with van der Waals surface area (Å²) in [5.41, 5.74) is 0. The summed E-state index contributed by atoms with van der Waals surface area (Å²) < 4.78 is 11.8. The molecule has 0 aliphatic heterocycles. The van der Waals surface area contributed by atoms with E-state index in [9.17, 15) is 0 Å². The number of rotatable bonds is 2. The van der Waals surface area contributed by atoms with Gasteiger partial charge in [-0.2, -0.15) is 0 Å². The summed E-state index contributed by atoms with van der Waals surface area (Å²) in [7, 11) is 3.39. The van der Waals surface area contributed by atoms with Crippen LogP contribution < -0.4 is 0 Å². The van der Waals surface area contributed by atoms with Crippen LogP contribution in [0.25, 0.3) is 0 Å². The third-order valence-electron chi connectivity index (χ3n) is 0.514. The molecule has 0 rings (SSSR count). The van der Waals surface area contributed by atoms with Crippen molar-refractivity contribution in [1.82, 2.24) is 0 Å². The summed E-state index contributed by atoms with van der Waals surface area (Å²) in [6, 6.07) is 0. The molecule has 0 unspecified atom stereocenters. The van der Waals surface area contributed by atoms with Gasteiger partial charge in [-0.3, -0.25) is 0 Å². The van der Waals surface area contributed by atoms with Gasteiger partial charge in [0, 0.05) is 0 Å². The Balaban J connectivity index is 2.75. The molecular formula is C3H10O2Po. The topological polar surface area (TPSA) is 18.5 Å². The molecule has 0 aliphatic rings. The molecule has 2 nitrogen and oxygen atoms in total. The van der Waals surface area contributed by atoms with Gasteiger partial charge in [-0.15, -0.1) is 0 Å². The second-order valence-corrected chi connectivity index (χ2v) is 7.06. The average Bonchev–Trinajstić information content (AvgIpc) is 1.65. The molecule has 0 fully saturated rings. The van der Waals surface area contributed by atoms with Crippen LogP contribution in [0, 0.1) is 0 Å². The van der Waals surface area contributed by atoms with Gasteiger partial charge in [0.05, 0.1) is 0 Å². The molecule has 0 atom stereocenters. The van der Waals surface area contributed by atoms with E-state index in [1.807, 2.05) is 4.58 Å². The van der Waals surface area contributed by atoms with Crippen molar-refractivity contribution >= 4 is 23.0 Å². The van der Waals surface area contributed by atoms with E-state index in [1.54, 1.807) is 14.2 Å². The Morgan fingerprint density at radius 3 is 1.50 bits per heavy atom. The molecule has 0 heterocycles. The molecule has 0 radical (unpaired) electrons. The van der Waals surface area contributed by atoms with Gasteiger partial charge in [-0.05, 0) is 0 Å². The van der Waals surface area contributed by atoms with Gasteiger partial charge in [0.2, 0.25) is 0 Å². The molecular weight excluding hydrogens is 277 g/mol. The Kier molecular flexibility index (Phi) is 4.53. The van der Waals surface area contributed by atoms with E-state index >= 15 is 0 Å². The van der Waals surface area contributed by atoms with E-state index in [2.05, 4.69) is 0 Å². The van der Waals surface area contributed by atoms with Crippen molar-refractivity contribution in [3.63, 3.8) is 0 Å². The van der Waals surface area contributed by atoms with Gasteiger partial charge in [0.25, 0.3) is 0 Å². The Labute approximate surface area is 47.5 Å². The molecule has 0 saturated carbocycles. The van der Waals surface area contributed by atoms with Crippen molar-refractivity contribution in [3.05, 3.63) is 0 Å². The third kappa shape index (κ3) is 3.02. The number of hydrogen-bond acceptors (Lipinski definition) is 2. The fourth-order valence-corrected chi connectivity index (χ4v) is 0.654. The van der Waals surface area contributed by atoms with Crippen LogP contribution in [0.1, 0.15) is 0 Å². The molecule has 0 bridgehead atoms. The summed E-state index contributed by atoms with van der Waals surface area (Å²) in [4.78, 5) is 0.